The van der Waals surface area contributed by atoms with Gasteiger partial charge in [-0.1, -0.05) is 42.0 Å². The van der Waals surface area contributed by atoms with Crippen LogP contribution in [0.1, 0.15) is 23.6 Å². The monoisotopic (exact) mass is 327 g/mol. The molecule has 0 aliphatic heterocycles. The van der Waals surface area contributed by atoms with Gasteiger partial charge in [-0.15, -0.1) is 0 Å². The van der Waals surface area contributed by atoms with E-state index in [2.05, 4.69) is 5.32 Å². The molecule has 1 unspecified atom stereocenters. The van der Waals surface area contributed by atoms with Gasteiger partial charge in [0.25, 0.3) is 5.91 Å². The first-order valence-corrected chi connectivity index (χ1v) is 7.74. The number of ether oxygens (including phenoxy) is 1. The van der Waals surface area contributed by atoms with E-state index in [1.165, 1.54) is 5.56 Å². The summed E-state index contributed by atoms with van der Waals surface area (Å²) in [6, 6.07) is 14.6. The Kier molecular flexibility index (Phi) is 5.95. The van der Waals surface area contributed by atoms with Crippen molar-refractivity contribution in [1.82, 2.24) is 5.32 Å². The van der Waals surface area contributed by atoms with Crippen LogP contribution in [0, 0.1) is 6.92 Å². The van der Waals surface area contributed by atoms with Crippen molar-refractivity contribution in [3.05, 3.63) is 65.2 Å². The van der Waals surface area contributed by atoms with Crippen molar-refractivity contribution in [2.45, 2.75) is 32.9 Å². The minimum absolute atomic E-state index is 0.0349. The van der Waals surface area contributed by atoms with Crippen molar-refractivity contribution < 1.29 is 19.4 Å². The zero-order chi connectivity index (χ0) is 17.5. The highest BCUT2D eigenvalue weighted by atomic mass is 16.5. The predicted octanol–water partition coefficient (Wildman–Crippen LogP) is 2.71. The fourth-order valence-electron chi connectivity index (χ4n) is 2.16. The molecular formula is C19H21NO4. The molecule has 0 aliphatic rings. The number of hydrogen-bond acceptors (Lipinski definition) is 3. The van der Waals surface area contributed by atoms with Crippen LogP contribution in [0.25, 0.3) is 0 Å². The summed E-state index contributed by atoms with van der Waals surface area (Å²) in [5, 5.41) is 11.6. The molecule has 2 rings (SSSR count). The van der Waals surface area contributed by atoms with E-state index in [0.717, 1.165) is 5.56 Å². The molecule has 0 spiro atoms. The van der Waals surface area contributed by atoms with E-state index >= 15 is 0 Å². The second kappa shape index (κ2) is 8.15. The van der Waals surface area contributed by atoms with Crippen LogP contribution in [0.4, 0.5) is 0 Å². The summed E-state index contributed by atoms with van der Waals surface area (Å²) in [4.78, 5) is 22.7. The van der Waals surface area contributed by atoms with Crippen molar-refractivity contribution in [3.8, 4) is 5.75 Å². The number of hydrogen-bond donors (Lipinski definition) is 2. The van der Waals surface area contributed by atoms with E-state index in [1.54, 1.807) is 31.2 Å². The Hall–Kier alpha value is -2.82. The summed E-state index contributed by atoms with van der Waals surface area (Å²) < 4.78 is 5.58. The van der Waals surface area contributed by atoms with Crippen molar-refractivity contribution in [3.63, 3.8) is 0 Å². The van der Waals surface area contributed by atoms with Gasteiger partial charge in [-0.3, -0.25) is 9.59 Å². The van der Waals surface area contributed by atoms with Gasteiger partial charge in [0.15, 0.2) is 6.10 Å². The molecule has 0 bridgehead atoms. The average molecular weight is 327 g/mol. The topological polar surface area (TPSA) is 75.6 Å². The molecule has 5 heteroatoms. The molecule has 0 radical (unpaired) electrons. The highest BCUT2D eigenvalue weighted by Gasteiger charge is 2.14. The predicted molar refractivity (Wildman–Crippen MR) is 90.9 cm³/mol. The summed E-state index contributed by atoms with van der Waals surface area (Å²) in [6.45, 7) is 4.14. The van der Waals surface area contributed by atoms with E-state index in [0.29, 0.717) is 17.9 Å². The number of benzene rings is 2. The zero-order valence-electron chi connectivity index (χ0n) is 13.8. The smallest absolute Gasteiger partial charge is 0.307 e. The molecule has 2 aromatic carbocycles. The van der Waals surface area contributed by atoms with Crippen LogP contribution < -0.4 is 10.1 Å². The molecule has 1 atom stereocenters. The van der Waals surface area contributed by atoms with E-state index in [-0.39, 0.29) is 12.3 Å². The average Bonchev–Trinajstić information content (AvgIpc) is 2.55. The maximum atomic E-state index is 12.1. The van der Waals surface area contributed by atoms with Crippen LogP contribution >= 0.6 is 0 Å². The number of rotatable bonds is 7. The van der Waals surface area contributed by atoms with Crippen LogP contribution in [0.3, 0.4) is 0 Å². The summed E-state index contributed by atoms with van der Waals surface area (Å²) in [6.07, 6.45) is -0.673. The first-order valence-electron chi connectivity index (χ1n) is 7.74. The van der Waals surface area contributed by atoms with Gasteiger partial charge in [0, 0.05) is 6.54 Å². The Labute approximate surface area is 141 Å². The van der Waals surface area contributed by atoms with Crippen molar-refractivity contribution in [2.75, 3.05) is 0 Å². The molecule has 0 saturated heterocycles. The summed E-state index contributed by atoms with van der Waals surface area (Å²) in [7, 11) is 0. The molecule has 5 nitrogen and oxygen atoms in total. The van der Waals surface area contributed by atoms with Crippen molar-refractivity contribution in [2.24, 2.45) is 0 Å². The van der Waals surface area contributed by atoms with Crippen LogP contribution in [0.15, 0.2) is 48.5 Å². The maximum absolute atomic E-state index is 12.1. The summed E-state index contributed by atoms with van der Waals surface area (Å²) in [5.74, 6) is -0.556. The Bertz CT molecular complexity index is 692. The molecule has 2 N–H and O–H groups in total. The standard InChI is InChI=1S/C19H21NO4/c1-13-3-5-16(6-4-13)12-20-19(23)14(2)24-17-9-7-15(8-10-17)11-18(21)22/h3-10,14H,11-12H2,1-2H3,(H,20,23)(H,21,22). The van der Waals surface area contributed by atoms with Crippen LogP contribution in [-0.2, 0) is 22.6 Å². The van der Waals surface area contributed by atoms with Gasteiger partial charge in [-0.25, -0.2) is 0 Å². The SMILES string of the molecule is Cc1ccc(CNC(=O)C(C)Oc2ccc(CC(=O)O)cc2)cc1. The van der Waals surface area contributed by atoms with Gasteiger partial charge in [-0.2, -0.15) is 0 Å². The van der Waals surface area contributed by atoms with Gasteiger partial charge in [0.05, 0.1) is 6.42 Å². The van der Waals surface area contributed by atoms with E-state index in [1.807, 2.05) is 31.2 Å². The number of carboxylic acid groups (broad SMARTS) is 1. The van der Waals surface area contributed by atoms with E-state index in [9.17, 15) is 9.59 Å². The van der Waals surface area contributed by atoms with Crippen molar-refractivity contribution >= 4 is 11.9 Å². The lowest BCUT2D eigenvalue weighted by molar-refractivity contribution is -0.136. The first kappa shape index (κ1) is 17.5. The zero-order valence-corrected chi connectivity index (χ0v) is 13.8. The maximum Gasteiger partial charge on any atom is 0.307 e. The summed E-state index contributed by atoms with van der Waals surface area (Å²) >= 11 is 0. The molecule has 0 aromatic heterocycles. The molecule has 0 fully saturated rings. The quantitative estimate of drug-likeness (QED) is 0.820. The fraction of sp³-hybridized carbons (Fsp3) is 0.263. The number of carbonyl (C=O) groups excluding carboxylic acids is 1. The minimum Gasteiger partial charge on any atom is -0.481 e. The second-order valence-corrected chi connectivity index (χ2v) is 5.68. The lowest BCUT2D eigenvalue weighted by atomic mass is 10.1. The molecule has 0 heterocycles. The minimum atomic E-state index is -0.882. The van der Waals surface area contributed by atoms with Gasteiger partial charge in [-0.05, 0) is 37.1 Å². The molecule has 126 valence electrons. The van der Waals surface area contributed by atoms with Crippen LogP contribution in [0.5, 0.6) is 5.75 Å². The Morgan fingerprint density at radius 2 is 1.62 bits per heavy atom. The molecule has 24 heavy (non-hydrogen) atoms. The Morgan fingerprint density at radius 1 is 1.04 bits per heavy atom. The number of aryl methyl sites for hydroxylation is 1. The Morgan fingerprint density at radius 3 is 2.21 bits per heavy atom. The largest absolute Gasteiger partial charge is 0.481 e. The van der Waals surface area contributed by atoms with Gasteiger partial charge < -0.3 is 15.2 Å². The van der Waals surface area contributed by atoms with Gasteiger partial charge in [0.2, 0.25) is 0 Å². The third kappa shape index (κ3) is 5.43. The molecule has 2 aromatic rings. The highest BCUT2D eigenvalue weighted by molar-refractivity contribution is 5.80. The highest BCUT2D eigenvalue weighted by Crippen LogP contribution is 2.14. The molecule has 0 aliphatic carbocycles. The lowest BCUT2D eigenvalue weighted by Crippen LogP contribution is -2.35. The molecular weight excluding hydrogens is 306 g/mol. The summed E-state index contributed by atoms with van der Waals surface area (Å²) in [5.41, 5.74) is 2.89. The van der Waals surface area contributed by atoms with Crippen molar-refractivity contribution in [1.29, 1.82) is 0 Å². The fourth-order valence-corrected chi connectivity index (χ4v) is 2.16. The normalized spacial score (nSPS) is 11.6. The molecule has 0 saturated carbocycles. The van der Waals surface area contributed by atoms with Crippen LogP contribution in [0.2, 0.25) is 0 Å². The third-order valence-electron chi connectivity index (χ3n) is 3.55. The lowest BCUT2D eigenvalue weighted by Gasteiger charge is -2.15. The van der Waals surface area contributed by atoms with Gasteiger partial charge in [0.1, 0.15) is 5.75 Å². The van der Waals surface area contributed by atoms with Gasteiger partial charge >= 0.3 is 5.97 Å². The number of carbonyl (C=O) groups is 2. The van der Waals surface area contributed by atoms with E-state index in [4.69, 9.17) is 9.84 Å². The number of amides is 1. The first-order chi connectivity index (χ1) is 11.4. The molecule has 1 amide bonds. The number of nitrogens with one attached hydrogen (secondary N) is 1. The third-order valence-corrected chi connectivity index (χ3v) is 3.55. The van der Waals surface area contributed by atoms with E-state index < -0.39 is 12.1 Å². The number of aliphatic carboxylic acids is 1. The number of carboxylic acids is 1. The van der Waals surface area contributed by atoms with Crippen LogP contribution in [-0.4, -0.2) is 23.1 Å². The Balaban J connectivity index is 1.84. The second-order valence-electron chi connectivity index (χ2n) is 5.68.